The number of sulfone groups is 1. The maximum absolute atomic E-state index is 11.9. The van der Waals surface area contributed by atoms with Gasteiger partial charge in [-0.3, -0.25) is 9.69 Å². The van der Waals surface area contributed by atoms with Crippen LogP contribution in [-0.4, -0.2) is 50.4 Å². The highest BCUT2D eigenvalue weighted by molar-refractivity contribution is 7.91. The molecule has 1 aromatic rings. The van der Waals surface area contributed by atoms with Crippen molar-refractivity contribution in [3.8, 4) is 0 Å². The molecule has 0 saturated carbocycles. The van der Waals surface area contributed by atoms with Crippen molar-refractivity contribution in [3.05, 3.63) is 21.9 Å². The second kappa shape index (κ2) is 6.24. The number of amides is 1. The second-order valence-corrected chi connectivity index (χ2v) is 8.50. The van der Waals surface area contributed by atoms with Crippen LogP contribution in [0.1, 0.15) is 16.9 Å². The van der Waals surface area contributed by atoms with Gasteiger partial charge in [-0.15, -0.1) is 11.3 Å². The van der Waals surface area contributed by atoms with Crippen molar-refractivity contribution >= 4 is 27.1 Å². The van der Waals surface area contributed by atoms with Gasteiger partial charge in [-0.2, -0.15) is 0 Å². The van der Waals surface area contributed by atoms with Crippen molar-refractivity contribution in [1.82, 2.24) is 10.2 Å². The number of hydrogen-bond donors (Lipinski definition) is 1. The van der Waals surface area contributed by atoms with E-state index in [2.05, 4.69) is 5.32 Å². The van der Waals surface area contributed by atoms with Crippen LogP contribution in [0.15, 0.2) is 11.4 Å². The first-order chi connectivity index (χ1) is 9.37. The number of carbonyl (C=O) groups is 1. The molecule has 0 aliphatic carbocycles. The van der Waals surface area contributed by atoms with E-state index in [4.69, 9.17) is 0 Å². The molecule has 1 aliphatic heterocycles. The molecule has 2 rings (SSSR count). The average molecular weight is 316 g/mol. The third-order valence-corrected chi connectivity index (χ3v) is 6.41. The number of carbonyl (C=O) groups excluding carboxylic acids is 1. The van der Waals surface area contributed by atoms with Crippen LogP contribution in [0.4, 0.5) is 0 Å². The molecule has 1 atom stereocenters. The molecule has 1 amide bonds. The lowest BCUT2D eigenvalue weighted by molar-refractivity contribution is -0.122. The third kappa shape index (κ3) is 4.04. The Morgan fingerprint density at radius 3 is 2.85 bits per heavy atom. The van der Waals surface area contributed by atoms with Gasteiger partial charge in [0.1, 0.15) is 0 Å². The predicted octanol–water partition coefficient (Wildman–Crippen LogP) is 0.792. The van der Waals surface area contributed by atoms with E-state index >= 15 is 0 Å². The van der Waals surface area contributed by atoms with Gasteiger partial charge in [0.25, 0.3) is 0 Å². The minimum atomic E-state index is -2.90. The molecule has 2 heterocycles. The average Bonchev–Trinajstić information content (AvgIpc) is 2.92. The summed E-state index contributed by atoms with van der Waals surface area (Å²) < 4.78 is 22.8. The Morgan fingerprint density at radius 1 is 1.55 bits per heavy atom. The molecule has 0 spiro atoms. The maximum Gasteiger partial charge on any atom is 0.234 e. The van der Waals surface area contributed by atoms with Gasteiger partial charge in [-0.25, -0.2) is 8.42 Å². The fraction of sp³-hybridized carbons (Fsp3) is 0.615. The first-order valence-corrected chi connectivity index (χ1v) is 9.28. The van der Waals surface area contributed by atoms with E-state index in [1.807, 2.05) is 30.3 Å². The van der Waals surface area contributed by atoms with E-state index in [1.165, 1.54) is 5.56 Å². The molecule has 1 aliphatic rings. The number of rotatable bonds is 5. The largest absolute Gasteiger partial charge is 0.350 e. The Labute approximate surface area is 123 Å². The number of nitrogens with zero attached hydrogens (tertiary/aromatic N) is 1. The molecule has 7 heteroatoms. The van der Waals surface area contributed by atoms with Gasteiger partial charge < -0.3 is 5.32 Å². The number of thiophene rings is 1. The molecule has 1 aromatic heterocycles. The Hall–Kier alpha value is -0.920. The second-order valence-electron chi connectivity index (χ2n) is 5.28. The van der Waals surface area contributed by atoms with Gasteiger partial charge in [0.05, 0.1) is 24.6 Å². The minimum Gasteiger partial charge on any atom is -0.350 e. The third-order valence-electron chi connectivity index (χ3n) is 3.64. The molecule has 0 radical (unpaired) electrons. The maximum atomic E-state index is 11.9. The fourth-order valence-electron chi connectivity index (χ4n) is 2.30. The van der Waals surface area contributed by atoms with E-state index < -0.39 is 9.84 Å². The first kappa shape index (κ1) is 15.5. The summed E-state index contributed by atoms with van der Waals surface area (Å²) in [5.41, 5.74) is 1.19. The summed E-state index contributed by atoms with van der Waals surface area (Å²) in [4.78, 5) is 14.9. The van der Waals surface area contributed by atoms with Gasteiger partial charge in [0.15, 0.2) is 9.84 Å². The lowest BCUT2D eigenvalue weighted by atomic mass is 10.2. The van der Waals surface area contributed by atoms with E-state index in [0.29, 0.717) is 13.0 Å². The molecule has 112 valence electrons. The van der Waals surface area contributed by atoms with Crippen molar-refractivity contribution in [2.75, 3.05) is 25.1 Å². The topological polar surface area (TPSA) is 66.5 Å². The molecule has 20 heavy (non-hydrogen) atoms. The Morgan fingerprint density at radius 2 is 2.30 bits per heavy atom. The summed E-state index contributed by atoms with van der Waals surface area (Å²) in [5, 5.41) is 4.89. The van der Waals surface area contributed by atoms with Gasteiger partial charge in [0.2, 0.25) is 5.91 Å². The van der Waals surface area contributed by atoms with Crippen LogP contribution >= 0.6 is 11.3 Å². The number of hydrogen-bond acceptors (Lipinski definition) is 5. The monoisotopic (exact) mass is 316 g/mol. The first-order valence-electron chi connectivity index (χ1n) is 6.58. The zero-order valence-electron chi connectivity index (χ0n) is 11.8. The summed E-state index contributed by atoms with van der Waals surface area (Å²) in [7, 11) is -1.09. The number of likely N-dealkylation sites (N-methyl/N-ethyl adjacent to an activating group) is 1. The molecule has 1 fully saturated rings. The van der Waals surface area contributed by atoms with E-state index in [1.54, 1.807) is 11.3 Å². The summed E-state index contributed by atoms with van der Waals surface area (Å²) in [6.07, 6.45) is 0.621. The Kier molecular flexibility index (Phi) is 4.82. The van der Waals surface area contributed by atoms with Crippen LogP contribution in [0.25, 0.3) is 0 Å². The Balaban J connectivity index is 1.78. The standard InChI is InChI=1S/C13H20N2O3S2/c1-10-3-5-19-12(10)7-14-13(16)8-15(2)11-4-6-20(17,18)9-11/h3,5,11H,4,6-9H2,1-2H3,(H,14,16)/t11-/m0/s1. The molecule has 0 bridgehead atoms. The SMILES string of the molecule is Cc1ccsc1CNC(=O)CN(C)[C@H]1CCS(=O)(=O)C1. The smallest absolute Gasteiger partial charge is 0.234 e. The van der Waals surface area contributed by atoms with E-state index in [0.717, 1.165) is 4.88 Å². The minimum absolute atomic E-state index is 0.0331. The van der Waals surface area contributed by atoms with Crippen LogP contribution < -0.4 is 5.32 Å². The molecule has 0 aromatic carbocycles. The van der Waals surface area contributed by atoms with E-state index in [-0.39, 0.29) is 30.0 Å². The summed E-state index contributed by atoms with van der Waals surface area (Å²) in [6, 6.07) is 2.00. The molecular formula is C13H20N2O3S2. The van der Waals surface area contributed by atoms with Gasteiger partial charge in [-0.1, -0.05) is 0 Å². The normalized spacial score (nSPS) is 21.2. The molecule has 0 unspecified atom stereocenters. The molecule has 1 N–H and O–H groups in total. The fourth-order valence-corrected chi connectivity index (χ4v) is 4.95. The summed E-state index contributed by atoms with van der Waals surface area (Å²) in [6.45, 7) is 2.80. The van der Waals surface area contributed by atoms with Crippen molar-refractivity contribution in [2.45, 2.75) is 25.9 Å². The van der Waals surface area contributed by atoms with Crippen LogP contribution in [-0.2, 0) is 21.2 Å². The van der Waals surface area contributed by atoms with E-state index in [9.17, 15) is 13.2 Å². The zero-order valence-corrected chi connectivity index (χ0v) is 13.4. The predicted molar refractivity (Wildman–Crippen MR) is 80.6 cm³/mol. The quantitative estimate of drug-likeness (QED) is 0.872. The Bertz CT molecular complexity index is 580. The van der Waals surface area contributed by atoms with Crippen LogP contribution in [0.2, 0.25) is 0 Å². The van der Waals surface area contributed by atoms with Gasteiger partial charge >= 0.3 is 0 Å². The zero-order chi connectivity index (χ0) is 14.8. The number of aryl methyl sites for hydroxylation is 1. The van der Waals surface area contributed by atoms with Crippen LogP contribution in [0, 0.1) is 6.92 Å². The lowest BCUT2D eigenvalue weighted by Gasteiger charge is -2.22. The van der Waals surface area contributed by atoms with Gasteiger partial charge in [-0.05, 0) is 37.4 Å². The summed E-state index contributed by atoms with van der Waals surface area (Å²) in [5.74, 6) is 0.336. The highest BCUT2D eigenvalue weighted by atomic mass is 32.2. The molecule has 1 saturated heterocycles. The lowest BCUT2D eigenvalue weighted by Crippen LogP contribution is -2.40. The van der Waals surface area contributed by atoms with Gasteiger partial charge in [0, 0.05) is 10.9 Å². The highest BCUT2D eigenvalue weighted by Crippen LogP contribution is 2.17. The van der Waals surface area contributed by atoms with Crippen LogP contribution in [0.5, 0.6) is 0 Å². The van der Waals surface area contributed by atoms with Crippen molar-refractivity contribution < 1.29 is 13.2 Å². The van der Waals surface area contributed by atoms with Crippen molar-refractivity contribution in [2.24, 2.45) is 0 Å². The van der Waals surface area contributed by atoms with Crippen molar-refractivity contribution in [3.63, 3.8) is 0 Å². The van der Waals surface area contributed by atoms with Crippen molar-refractivity contribution in [1.29, 1.82) is 0 Å². The van der Waals surface area contributed by atoms with Crippen LogP contribution in [0.3, 0.4) is 0 Å². The molecular weight excluding hydrogens is 296 g/mol. The number of nitrogens with one attached hydrogen (secondary N) is 1. The summed E-state index contributed by atoms with van der Waals surface area (Å²) >= 11 is 1.63. The highest BCUT2D eigenvalue weighted by Gasteiger charge is 2.31. The molecule has 5 nitrogen and oxygen atoms in total.